The maximum absolute atomic E-state index is 12.2. The van der Waals surface area contributed by atoms with Gasteiger partial charge in [-0.05, 0) is 25.3 Å². The second kappa shape index (κ2) is 4.48. The van der Waals surface area contributed by atoms with Crippen molar-refractivity contribution in [2.75, 3.05) is 0 Å². The second-order valence-corrected chi connectivity index (χ2v) is 7.75. The molecule has 23 heavy (non-hydrogen) atoms. The highest BCUT2D eigenvalue weighted by Crippen LogP contribution is 2.45. The Kier molecular flexibility index (Phi) is 2.61. The van der Waals surface area contributed by atoms with Crippen molar-refractivity contribution in [2.45, 2.75) is 24.6 Å². The van der Waals surface area contributed by atoms with Gasteiger partial charge < -0.3 is 5.11 Å². The number of carboxylic acid groups (broad SMARTS) is 1. The van der Waals surface area contributed by atoms with Crippen molar-refractivity contribution in [2.24, 2.45) is 0 Å². The number of amides is 1. The van der Waals surface area contributed by atoms with Crippen molar-refractivity contribution in [1.82, 2.24) is 14.5 Å². The molecule has 0 bridgehead atoms. The van der Waals surface area contributed by atoms with Crippen molar-refractivity contribution in [3.05, 3.63) is 39.0 Å². The molecule has 5 rings (SSSR count). The first-order valence-electron chi connectivity index (χ1n) is 7.27. The summed E-state index contributed by atoms with van der Waals surface area (Å²) >= 11 is 3.01. The van der Waals surface area contributed by atoms with Crippen molar-refractivity contribution in [3.63, 3.8) is 0 Å². The number of aryl methyl sites for hydroxylation is 2. The van der Waals surface area contributed by atoms with E-state index in [2.05, 4.69) is 5.10 Å². The van der Waals surface area contributed by atoms with E-state index >= 15 is 0 Å². The minimum atomic E-state index is -1.06. The first kappa shape index (κ1) is 13.4. The van der Waals surface area contributed by atoms with E-state index in [1.54, 1.807) is 16.7 Å². The Labute approximate surface area is 139 Å². The average Bonchev–Trinajstić information content (AvgIpc) is 3.23. The number of aliphatic carboxylic acids is 1. The number of β-lactam (4-membered cyclic amide) rings is 1. The van der Waals surface area contributed by atoms with Crippen LogP contribution in [-0.4, -0.2) is 36.9 Å². The van der Waals surface area contributed by atoms with Crippen LogP contribution in [0.2, 0.25) is 0 Å². The van der Waals surface area contributed by atoms with Gasteiger partial charge in [0.2, 0.25) is 0 Å². The predicted molar refractivity (Wildman–Crippen MR) is 87.0 cm³/mol. The van der Waals surface area contributed by atoms with Crippen molar-refractivity contribution >= 4 is 45.9 Å². The standard InChI is InChI=1S/C15H11N3O3S2/c19-12-9(14-18(12)11(6-22-14)15(20)21)4-7-5-17-13(23-7)8-2-1-3-10(8)16-17/h4-6,14H,1-3H2,(H,20,21)/t14-/m1/s1. The maximum atomic E-state index is 12.2. The molecule has 2 aliphatic heterocycles. The minimum Gasteiger partial charge on any atom is -0.477 e. The van der Waals surface area contributed by atoms with Gasteiger partial charge in [0.1, 0.15) is 15.9 Å². The summed E-state index contributed by atoms with van der Waals surface area (Å²) in [6, 6.07) is 0. The molecule has 1 N–H and O–H groups in total. The highest BCUT2D eigenvalue weighted by Gasteiger charge is 2.49. The smallest absolute Gasteiger partial charge is 0.353 e. The molecule has 6 nitrogen and oxygen atoms in total. The monoisotopic (exact) mass is 345 g/mol. The van der Waals surface area contributed by atoms with Crippen LogP contribution in [0.3, 0.4) is 0 Å². The quantitative estimate of drug-likeness (QED) is 0.666. The van der Waals surface area contributed by atoms with Gasteiger partial charge in [-0.15, -0.1) is 23.1 Å². The van der Waals surface area contributed by atoms with Gasteiger partial charge in [-0.25, -0.2) is 9.31 Å². The largest absolute Gasteiger partial charge is 0.477 e. The van der Waals surface area contributed by atoms with Crippen LogP contribution < -0.4 is 0 Å². The van der Waals surface area contributed by atoms with Gasteiger partial charge in [-0.1, -0.05) is 0 Å². The molecule has 116 valence electrons. The van der Waals surface area contributed by atoms with Gasteiger partial charge in [0, 0.05) is 22.0 Å². The Morgan fingerprint density at radius 2 is 2.30 bits per heavy atom. The van der Waals surface area contributed by atoms with E-state index in [1.165, 1.54) is 27.9 Å². The van der Waals surface area contributed by atoms with E-state index in [-0.39, 0.29) is 17.0 Å². The molecular weight excluding hydrogens is 334 g/mol. The summed E-state index contributed by atoms with van der Waals surface area (Å²) in [5.74, 6) is -1.28. The zero-order valence-corrected chi connectivity index (χ0v) is 13.5. The fourth-order valence-corrected chi connectivity index (χ4v) is 5.53. The first-order chi connectivity index (χ1) is 11.1. The number of thioether (sulfide) groups is 1. The molecular formula is C15H11N3O3S2. The van der Waals surface area contributed by atoms with Gasteiger partial charge in [0.15, 0.2) is 0 Å². The van der Waals surface area contributed by atoms with E-state index in [9.17, 15) is 9.59 Å². The lowest BCUT2D eigenvalue weighted by Gasteiger charge is -2.37. The van der Waals surface area contributed by atoms with Crippen LogP contribution in [0.25, 0.3) is 10.9 Å². The van der Waals surface area contributed by atoms with Crippen molar-refractivity contribution < 1.29 is 14.7 Å². The van der Waals surface area contributed by atoms with Crippen LogP contribution >= 0.6 is 23.1 Å². The van der Waals surface area contributed by atoms with Gasteiger partial charge in [0.05, 0.1) is 11.3 Å². The van der Waals surface area contributed by atoms with Gasteiger partial charge in [-0.3, -0.25) is 9.69 Å². The molecule has 1 atom stereocenters. The number of carbonyl (C=O) groups is 2. The molecule has 4 heterocycles. The second-order valence-electron chi connectivity index (χ2n) is 5.73. The Bertz CT molecular complexity index is 953. The zero-order chi connectivity index (χ0) is 15.7. The molecule has 2 aromatic heterocycles. The third-order valence-electron chi connectivity index (χ3n) is 4.40. The Morgan fingerprint density at radius 1 is 1.43 bits per heavy atom. The summed E-state index contributed by atoms with van der Waals surface area (Å²) in [5, 5.41) is 15.0. The summed E-state index contributed by atoms with van der Waals surface area (Å²) < 4.78 is 1.91. The molecule has 0 aromatic carbocycles. The molecule has 0 saturated carbocycles. The zero-order valence-electron chi connectivity index (χ0n) is 11.9. The van der Waals surface area contributed by atoms with Crippen LogP contribution in [0.1, 0.15) is 22.6 Å². The molecule has 1 amide bonds. The number of rotatable bonds is 2. The summed E-state index contributed by atoms with van der Waals surface area (Å²) in [4.78, 5) is 26.8. The molecule has 0 spiro atoms. The average molecular weight is 345 g/mol. The number of hydrogen-bond acceptors (Lipinski definition) is 5. The number of fused-ring (bicyclic) bond motifs is 4. The number of thiazole rings is 1. The summed E-state index contributed by atoms with van der Waals surface area (Å²) in [7, 11) is 0. The van der Waals surface area contributed by atoms with Crippen LogP contribution in [0.15, 0.2) is 22.9 Å². The normalized spacial score (nSPS) is 24.1. The number of carboxylic acids is 1. The third-order valence-corrected chi connectivity index (χ3v) is 6.57. The molecule has 3 aliphatic rings. The topological polar surface area (TPSA) is 74.9 Å². The number of hydrogen-bond donors (Lipinski definition) is 1. The summed E-state index contributed by atoms with van der Waals surface area (Å²) in [5.41, 5.74) is 3.26. The van der Waals surface area contributed by atoms with Crippen LogP contribution in [0.5, 0.6) is 0 Å². The van der Waals surface area contributed by atoms with E-state index in [0.717, 1.165) is 29.0 Å². The van der Waals surface area contributed by atoms with Crippen molar-refractivity contribution in [3.8, 4) is 0 Å². The number of carbonyl (C=O) groups excluding carboxylic acids is 1. The lowest BCUT2D eigenvalue weighted by atomic mass is 10.0. The molecule has 1 saturated heterocycles. The molecule has 8 heteroatoms. The van der Waals surface area contributed by atoms with E-state index in [4.69, 9.17) is 5.11 Å². The number of aromatic nitrogens is 2. The highest BCUT2D eigenvalue weighted by molar-refractivity contribution is 8.03. The Balaban J connectivity index is 1.48. The van der Waals surface area contributed by atoms with Gasteiger partial charge in [0.25, 0.3) is 5.91 Å². The SMILES string of the molecule is O=C(O)C1=CS[C@@H]2C(=Cc3cn4nc5c(c4s3)CCC5)C(=O)N12. The molecule has 2 aromatic rings. The van der Waals surface area contributed by atoms with E-state index in [1.807, 2.05) is 16.8 Å². The fraction of sp³-hybridized carbons (Fsp3) is 0.267. The number of nitrogens with zero attached hydrogens (tertiary/aromatic N) is 3. The van der Waals surface area contributed by atoms with Crippen LogP contribution in [-0.2, 0) is 22.4 Å². The summed E-state index contributed by atoms with van der Waals surface area (Å²) in [6.45, 7) is 0. The minimum absolute atomic E-state index is 0.0703. The van der Waals surface area contributed by atoms with E-state index < -0.39 is 5.97 Å². The maximum Gasteiger partial charge on any atom is 0.353 e. The van der Waals surface area contributed by atoms with E-state index in [0.29, 0.717) is 5.57 Å². The molecule has 0 radical (unpaired) electrons. The Morgan fingerprint density at radius 3 is 3.13 bits per heavy atom. The lowest BCUT2D eigenvalue weighted by molar-refractivity contribution is -0.141. The molecule has 0 unspecified atom stereocenters. The fourth-order valence-electron chi connectivity index (χ4n) is 3.32. The molecule has 1 aliphatic carbocycles. The van der Waals surface area contributed by atoms with Crippen molar-refractivity contribution in [1.29, 1.82) is 0 Å². The third kappa shape index (κ3) is 1.73. The van der Waals surface area contributed by atoms with Crippen LogP contribution in [0, 0.1) is 0 Å². The first-order valence-corrected chi connectivity index (χ1v) is 9.03. The molecule has 1 fully saturated rings. The summed E-state index contributed by atoms with van der Waals surface area (Å²) in [6.07, 6.45) is 7.11. The predicted octanol–water partition coefficient (Wildman–Crippen LogP) is 2.11. The Hall–Kier alpha value is -2.06. The highest BCUT2D eigenvalue weighted by atomic mass is 32.2. The van der Waals surface area contributed by atoms with Gasteiger partial charge in [-0.2, -0.15) is 5.10 Å². The lowest BCUT2D eigenvalue weighted by Crippen LogP contribution is -2.51. The van der Waals surface area contributed by atoms with Crippen LogP contribution in [0.4, 0.5) is 0 Å². The van der Waals surface area contributed by atoms with Gasteiger partial charge >= 0.3 is 5.97 Å².